The fraction of sp³-hybridized carbons (Fsp3) is 0.176. The molecule has 0 aliphatic carbocycles. The van der Waals surface area contributed by atoms with Crippen LogP contribution in [0.2, 0.25) is 0 Å². The number of benzene rings is 2. The third-order valence-electron chi connectivity index (χ3n) is 3.75. The largest absolute Gasteiger partial charge is 0.308 e. The number of rotatable bonds is 7. The average Bonchev–Trinajstić information content (AvgIpc) is 3.00. The Morgan fingerprint density at radius 1 is 1.00 bits per heavy atom. The van der Waals surface area contributed by atoms with E-state index in [9.17, 15) is 8.42 Å². The molecule has 10 heteroatoms. The van der Waals surface area contributed by atoms with Gasteiger partial charge in [-0.05, 0) is 42.0 Å². The fourth-order valence-electron chi connectivity index (χ4n) is 2.21. The standard InChI is InChI=1S/C17H16Br2N4O2S2/c1-23-16(10-20-27(24,25)15-8-6-14(19)7-9-15)21-22-17(23)26-11-12-2-4-13(18)5-3-12/h2-9,20H,10-11H2,1H3. The maximum Gasteiger partial charge on any atom is 0.240 e. The van der Waals surface area contributed by atoms with E-state index in [2.05, 4.69) is 46.8 Å². The molecule has 0 radical (unpaired) electrons. The average molecular weight is 532 g/mol. The Morgan fingerprint density at radius 2 is 1.59 bits per heavy atom. The summed E-state index contributed by atoms with van der Waals surface area (Å²) in [7, 11) is -1.78. The minimum atomic E-state index is -3.61. The lowest BCUT2D eigenvalue weighted by Gasteiger charge is -2.07. The Kier molecular flexibility index (Phi) is 6.74. The van der Waals surface area contributed by atoms with Gasteiger partial charge in [-0.15, -0.1) is 10.2 Å². The van der Waals surface area contributed by atoms with Gasteiger partial charge in [0.15, 0.2) is 5.16 Å². The van der Waals surface area contributed by atoms with Gasteiger partial charge < -0.3 is 4.57 Å². The molecular weight excluding hydrogens is 516 g/mol. The highest BCUT2D eigenvalue weighted by molar-refractivity contribution is 9.10. The number of hydrogen-bond acceptors (Lipinski definition) is 5. The molecule has 2 aromatic carbocycles. The van der Waals surface area contributed by atoms with Crippen molar-refractivity contribution in [1.82, 2.24) is 19.5 Å². The molecule has 1 heterocycles. The monoisotopic (exact) mass is 530 g/mol. The Hall–Kier alpha value is -1.20. The number of sulfonamides is 1. The SMILES string of the molecule is Cn1c(CNS(=O)(=O)c2ccc(Br)cc2)nnc1SCc1ccc(Br)cc1. The molecule has 3 rings (SSSR count). The summed E-state index contributed by atoms with van der Waals surface area (Å²) < 4.78 is 31.0. The molecule has 6 nitrogen and oxygen atoms in total. The lowest BCUT2D eigenvalue weighted by atomic mass is 10.2. The van der Waals surface area contributed by atoms with Crippen molar-refractivity contribution in [3.05, 3.63) is 68.9 Å². The van der Waals surface area contributed by atoms with E-state index in [1.54, 1.807) is 40.6 Å². The van der Waals surface area contributed by atoms with Crippen molar-refractivity contribution >= 4 is 53.6 Å². The number of thioether (sulfide) groups is 1. The third kappa shape index (κ3) is 5.41. The number of nitrogens with zero attached hydrogens (tertiary/aromatic N) is 3. The van der Waals surface area contributed by atoms with Crippen molar-refractivity contribution in [2.75, 3.05) is 0 Å². The second kappa shape index (κ2) is 8.87. The summed E-state index contributed by atoms with van der Waals surface area (Å²) in [5, 5.41) is 8.99. The molecule has 0 atom stereocenters. The minimum absolute atomic E-state index is 0.0702. The summed E-state index contributed by atoms with van der Waals surface area (Å²) in [6, 6.07) is 14.5. The second-order valence-corrected chi connectivity index (χ2v) is 10.2. The van der Waals surface area contributed by atoms with Crippen LogP contribution in [-0.4, -0.2) is 23.2 Å². The van der Waals surface area contributed by atoms with Crippen LogP contribution in [0.25, 0.3) is 0 Å². The molecule has 3 aromatic rings. The van der Waals surface area contributed by atoms with Crippen LogP contribution in [0.15, 0.2) is 67.5 Å². The zero-order chi connectivity index (χ0) is 19.4. The van der Waals surface area contributed by atoms with E-state index in [1.807, 2.05) is 31.3 Å². The Bertz CT molecular complexity index is 1020. The number of aromatic nitrogens is 3. The molecule has 0 amide bonds. The first-order chi connectivity index (χ1) is 12.8. The van der Waals surface area contributed by atoms with Gasteiger partial charge in [0.2, 0.25) is 10.0 Å². The van der Waals surface area contributed by atoms with Gasteiger partial charge in [0.25, 0.3) is 0 Å². The number of nitrogens with one attached hydrogen (secondary N) is 1. The van der Waals surface area contributed by atoms with Crippen molar-refractivity contribution in [2.45, 2.75) is 22.3 Å². The maximum absolute atomic E-state index is 12.4. The normalized spacial score (nSPS) is 11.7. The topological polar surface area (TPSA) is 76.9 Å². The highest BCUT2D eigenvalue weighted by Gasteiger charge is 2.16. The molecule has 0 saturated heterocycles. The van der Waals surface area contributed by atoms with E-state index in [-0.39, 0.29) is 11.4 Å². The van der Waals surface area contributed by atoms with Crippen molar-refractivity contribution in [3.63, 3.8) is 0 Å². The lowest BCUT2D eigenvalue weighted by molar-refractivity contribution is 0.576. The van der Waals surface area contributed by atoms with Gasteiger partial charge in [0.1, 0.15) is 5.82 Å². The fourth-order valence-corrected chi connectivity index (χ4v) is 4.60. The lowest BCUT2D eigenvalue weighted by Crippen LogP contribution is -2.24. The van der Waals surface area contributed by atoms with Crippen LogP contribution in [0.5, 0.6) is 0 Å². The quantitative estimate of drug-likeness (QED) is 0.464. The van der Waals surface area contributed by atoms with Crippen LogP contribution in [0.4, 0.5) is 0 Å². The summed E-state index contributed by atoms with van der Waals surface area (Å²) in [6.45, 7) is 0.0702. The summed E-state index contributed by atoms with van der Waals surface area (Å²) >= 11 is 8.26. The molecule has 1 aromatic heterocycles. The Morgan fingerprint density at radius 3 is 2.22 bits per heavy atom. The summed E-state index contributed by atoms with van der Waals surface area (Å²) in [5.41, 5.74) is 1.17. The van der Waals surface area contributed by atoms with Crippen LogP contribution in [0.1, 0.15) is 11.4 Å². The van der Waals surface area contributed by atoms with Gasteiger partial charge in [0, 0.05) is 21.7 Å². The third-order valence-corrected chi connectivity index (χ3v) is 7.32. The molecule has 0 unspecified atom stereocenters. The van der Waals surface area contributed by atoms with Crippen LogP contribution in [-0.2, 0) is 29.4 Å². The molecule has 0 saturated carbocycles. The smallest absolute Gasteiger partial charge is 0.240 e. The molecule has 27 heavy (non-hydrogen) atoms. The van der Waals surface area contributed by atoms with E-state index in [1.165, 1.54) is 5.56 Å². The number of halogens is 2. The van der Waals surface area contributed by atoms with Gasteiger partial charge in [-0.25, -0.2) is 13.1 Å². The van der Waals surface area contributed by atoms with Crippen molar-refractivity contribution < 1.29 is 8.42 Å². The Balaban J connectivity index is 1.63. The number of hydrogen-bond donors (Lipinski definition) is 1. The van der Waals surface area contributed by atoms with Crippen LogP contribution >= 0.6 is 43.6 Å². The van der Waals surface area contributed by atoms with Crippen molar-refractivity contribution in [2.24, 2.45) is 7.05 Å². The molecule has 0 spiro atoms. The first-order valence-electron chi connectivity index (χ1n) is 7.86. The maximum atomic E-state index is 12.4. The summed E-state index contributed by atoms with van der Waals surface area (Å²) in [5.74, 6) is 1.30. The van der Waals surface area contributed by atoms with E-state index in [4.69, 9.17) is 0 Å². The molecule has 142 valence electrons. The Labute approximate surface area is 179 Å². The highest BCUT2D eigenvalue weighted by Crippen LogP contribution is 2.22. The zero-order valence-electron chi connectivity index (χ0n) is 14.3. The molecule has 0 aliphatic heterocycles. The van der Waals surface area contributed by atoms with Gasteiger partial charge in [0.05, 0.1) is 11.4 Å². The van der Waals surface area contributed by atoms with Gasteiger partial charge >= 0.3 is 0 Å². The van der Waals surface area contributed by atoms with E-state index >= 15 is 0 Å². The van der Waals surface area contributed by atoms with Crippen molar-refractivity contribution in [1.29, 1.82) is 0 Å². The molecular formula is C17H16Br2N4O2S2. The van der Waals surface area contributed by atoms with Crippen molar-refractivity contribution in [3.8, 4) is 0 Å². The molecule has 0 aliphatic rings. The minimum Gasteiger partial charge on any atom is -0.308 e. The highest BCUT2D eigenvalue weighted by atomic mass is 79.9. The summed E-state index contributed by atoms with van der Waals surface area (Å²) in [4.78, 5) is 0.206. The zero-order valence-corrected chi connectivity index (χ0v) is 19.1. The first-order valence-corrected chi connectivity index (χ1v) is 11.9. The van der Waals surface area contributed by atoms with Gasteiger partial charge in [-0.2, -0.15) is 0 Å². The molecule has 1 N–H and O–H groups in total. The second-order valence-electron chi connectivity index (χ2n) is 5.65. The van der Waals surface area contributed by atoms with Gasteiger partial charge in [-0.1, -0.05) is 55.8 Å². The van der Waals surface area contributed by atoms with Gasteiger partial charge in [-0.3, -0.25) is 0 Å². The summed E-state index contributed by atoms with van der Waals surface area (Å²) in [6.07, 6.45) is 0. The molecule has 0 fully saturated rings. The molecule has 0 bridgehead atoms. The van der Waals surface area contributed by atoms with E-state index < -0.39 is 10.0 Å². The van der Waals surface area contributed by atoms with E-state index in [0.717, 1.165) is 19.9 Å². The van der Waals surface area contributed by atoms with E-state index in [0.29, 0.717) is 5.82 Å². The predicted molar refractivity (Wildman–Crippen MR) is 113 cm³/mol. The van der Waals surface area contributed by atoms with Crippen LogP contribution in [0.3, 0.4) is 0 Å². The van der Waals surface area contributed by atoms with Crippen LogP contribution in [0, 0.1) is 0 Å². The predicted octanol–water partition coefficient (Wildman–Crippen LogP) is 4.11. The first kappa shape index (κ1) is 20.5. The van der Waals surface area contributed by atoms with Crippen LogP contribution < -0.4 is 4.72 Å².